The Labute approximate surface area is 82.0 Å². The topological polar surface area (TPSA) is 36.4 Å². The van der Waals surface area contributed by atoms with Gasteiger partial charge in [0, 0.05) is 11.9 Å². The van der Waals surface area contributed by atoms with Crippen LogP contribution in [0.15, 0.2) is 10.9 Å². The molecule has 13 heavy (non-hydrogen) atoms. The molecule has 4 heteroatoms. The molecule has 0 aliphatic carbocycles. The smallest absolute Gasteiger partial charge is 0.109 e. The first-order chi connectivity index (χ1) is 6.36. The molecule has 1 aromatic heterocycles. The van der Waals surface area contributed by atoms with Crippen molar-refractivity contribution in [2.24, 2.45) is 0 Å². The third-order valence-electron chi connectivity index (χ3n) is 2.42. The largest absolute Gasteiger partial charge is 0.385 e. The Morgan fingerprint density at radius 3 is 2.92 bits per heavy atom. The average molecular weight is 198 g/mol. The number of nitrogens with zero attached hydrogens (tertiary/aromatic N) is 2. The third-order valence-corrected chi connectivity index (χ3v) is 3.03. The van der Waals surface area contributed by atoms with Crippen molar-refractivity contribution < 1.29 is 5.11 Å². The van der Waals surface area contributed by atoms with E-state index in [1.165, 1.54) is 24.2 Å². The van der Waals surface area contributed by atoms with Crippen molar-refractivity contribution >= 4 is 11.3 Å². The summed E-state index contributed by atoms with van der Waals surface area (Å²) < 4.78 is 0. The molecule has 2 rings (SSSR count). The van der Waals surface area contributed by atoms with Crippen LogP contribution in [-0.2, 0) is 0 Å². The maximum absolute atomic E-state index is 9.77. The molecule has 1 aliphatic rings. The lowest BCUT2D eigenvalue weighted by Gasteiger charge is -2.17. The molecule has 1 saturated heterocycles. The number of hydrogen-bond acceptors (Lipinski definition) is 4. The zero-order valence-electron chi connectivity index (χ0n) is 7.52. The van der Waals surface area contributed by atoms with Crippen LogP contribution in [0.25, 0.3) is 0 Å². The van der Waals surface area contributed by atoms with Gasteiger partial charge in [-0.2, -0.15) is 0 Å². The van der Waals surface area contributed by atoms with Crippen LogP contribution in [0.5, 0.6) is 0 Å². The molecule has 1 unspecified atom stereocenters. The number of likely N-dealkylation sites (tertiary alicyclic amines) is 1. The summed E-state index contributed by atoms with van der Waals surface area (Å²) in [6, 6.07) is 0. The zero-order valence-corrected chi connectivity index (χ0v) is 8.33. The van der Waals surface area contributed by atoms with Crippen molar-refractivity contribution in [3.8, 4) is 0 Å². The maximum Gasteiger partial charge on any atom is 0.109 e. The number of aliphatic hydroxyl groups excluding tert-OH is 1. The molecule has 0 aromatic carbocycles. The quantitative estimate of drug-likeness (QED) is 0.794. The molecule has 1 aromatic rings. The maximum atomic E-state index is 9.77. The summed E-state index contributed by atoms with van der Waals surface area (Å²) in [7, 11) is 0. The predicted octanol–water partition coefficient (Wildman–Crippen LogP) is 1.27. The highest BCUT2D eigenvalue weighted by atomic mass is 32.1. The van der Waals surface area contributed by atoms with Gasteiger partial charge in [0.05, 0.1) is 11.2 Å². The Balaban J connectivity index is 1.87. The number of rotatable bonds is 3. The first-order valence-corrected chi connectivity index (χ1v) is 5.59. The molecular formula is C9H14N2OS. The Morgan fingerprint density at radius 1 is 1.54 bits per heavy atom. The van der Waals surface area contributed by atoms with Crippen LogP contribution in [0.3, 0.4) is 0 Å². The molecule has 72 valence electrons. The summed E-state index contributed by atoms with van der Waals surface area (Å²) in [4.78, 5) is 6.40. The van der Waals surface area contributed by atoms with Gasteiger partial charge in [0.15, 0.2) is 0 Å². The van der Waals surface area contributed by atoms with Gasteiger partial charge in [-0.3, -0.25) is 0 Å². The predicted molar refractivity (Wildman–Crippen MR) is 52.7 cm³/mol. The van der Waals surface area contributed by atoms with E-state index in [2.05, 4.69) is 9.88 Å². The Bertz CT molecular complexity index is 244. The van der Waals surface area contributed by atoms with Gasteiger partial charge in [0.1, 0.15) is 6.10 Å². The molecular weight excluding hydrogens is 184 g/mol. The van der Waals surface area contributed by atoms with Crippen molar-refractivity contribution in [1.82, 2.24) is 9.88 Å². The average Bonchev–Trinajstić information content (AvgIpc) is 2.74. The highest BCUT2D eigenvalue weighted by Gasteiger charge is 2.17. The molecule has 0 bridgehead atoms. The summed E-state index contributed by atoms with van der Waals surface area (Å²) >= 11 is 1.54. The van der Waals surface area contributed by atoms with Crippen molar-refractivity contribution in [2.45, 2.75) is 18.9 Å². The zero-order chi connectivity index (χ0) is 9.10. The number of thiazole rings is 1. The molecule has 1 aliphatic heterocycles. The fourth-order valence-corrected chi connectivity index (χ4v) is 2.29. The van der Waals surface area contributed by atoms with Crippen LogP contribution in [0.4, 0.5) is 0 Å². The minimum absolute atomic E-state index is 0.399. The summed E-state index contributed by atoms with van der Waals surface area (Å²) in [5.41, 5.74) is 2.58. The standard InChI is InChI=1S/C9H14N2OS/c12-9(8-6-13-7-10-8)5-11-3-1-2-4-11/h6-7,9,12H,1-5H2. The van der Waals surface area contributed by atoms with Crippen molar-refractivity contribution in [3.63, 3.8) is 0 Å². The molecule has 1 N–H and O–H groups in total. The van der Waals surface area contributed by atoms with E-state index < -0.39 is 6.10 Å². The van der Waals surface area contributed by atoms with E-state index in [1.807, 2.05) is 5.38 Å². The van der Waals surface area contributed by atoms with Crippen LogP contribution < -0.4 is 0 Å². The summed E-state index contributed by atoms with van der Waals surface area (Å²) in [5, 5.41) is 11.7. The van der Waals surface area contributed by atoms with E-state index in [9.17, 15) is 5.11 Å². The second-order valence-electron chi connectivity index (χ2n) is 3.44. The van der Waals surface area contributed by atoms with Crippen molar-refractivity contribution in [1.29, 1.82) is 0 Å². The normalized spacial score (nSPS) is 20.7. The Kier molecular flexibility index (Phi) is 2.93. The van der Waals surface area contributed by atoms with Crippen LogP contribution in [0.2, 0.25) is 0 Å². The van der Waals surface area contributed by atoms with Crippen LogP contribution in [0, 0.1) is 0 Å². The fourth-order valence-electron chi connectivity index (χ4n) is 1.69. The lowest BCUT2D eigenvalue weighted by Crippen LogP contribution is -2.25. The number of hydrogen-bond donors (Lipinski definition) is 1. The van der Waals surface area contributed by atoms with Gasteiger partial charge in [0.25, 0.3) is 0 Å². The minimum Gasteiger partial charge on any atom is -0.385 e. The lowest BCUT2D eigenvalue weighted by atomic mass is 10.2. The molecule has 0 spiro atoms. The first-order valence-electron chi connectivity index (χ1n) is 4.65. The molecule has 0 saturated carbocycles. The van der Waals surface area contributed by atoms with E-state index in [1.54, 1.807) is 5.51 Å². The van der Waals surface area contributed by atoms with Gasteiger partial charge in [-0.15, -0.1) is 11.3 Å². The van der Waals surface area contributed by atoms with Gasteiger partial charge in [-0.1, -0.05) is 0 Å². The van der Waals surface area contributed by atoms with Crippen LogP contribution >= 0.6 is 11.3 Å². The highest BCUT2D eigenvalue weighted by Crippen LogP contribution is 2.16. The van der Waals surface area contributed by atoms with Gasteiger partial charge < -0.3 is 10.0 Å². The van der Waals surface area contributed by atoms with Gasteiger partial charge >= 0.3 is 0 Å². The first kappa shape index (κ1) is 9.12. The van der Waals surface area contributed by atoms with Crippen LogP contribution in [-0.4, -0.2) is 34.6 Å². The monoisotopic (exact) mass is 198 g/mol. The Morgan fingerprint density at radius 2 is 2.31 bits per heavy atom. The molecule has 1 atom stereocenters. The van der Waals surface area contributed by atoms with Crippen molar-refractivity contribution in [3.05, 3.63) is 16.6 Å². The van der Waals surface area contributed by atoms with Gasteiger partial charge in [-0.05, 0) is 25.9 Å². The molecule has 0 radical (unpaired) electrons. The number of aromatic nitrogens is 1. The summed E-state index contributed by atoms with van der Waals surface area (Å²) in [6.45, 7) is 2.99. The SMILES string of the molecule is OC(CN1CCCC1)c1cscn1. The van der Waals surface area contributed by atoms with E-state index in [0.29, 0.717) is 0 Å². The van der Waals surface area contributed by atoms with Gasteiger partial charge in [-0.25, -0.2) is 4.98 Å². The van der Waals surface area contributed by atoms with E-state index in [0.717, 1.165) is 25.3 Å². The highest BCUT2D eigenvalue weighted by molar-refractivity contribution is 7.07. The van der Waals surface area contributed by atoms with E-state index in [-0.39, 0.29) is 0 Å². The molecule has 0 amide bonds. The molecule has 2 heterocycles. The van der Waals surface area contributed by atoms with Crippen LogP contribution in [0.1, 0.15) is 24.6 Å². The summed E-state index contributed by atoms with van der Waals surface area (Å²) in [5.74, 6) is 0. The fraction of sp³-hybridized carbons (Fsp3) is 0.667. The van der Waals surface area contributed by atoms with E-state index >= 15 is 0 Å². The number of β-amino-alcohol motifs (C(OH)–C–C–N with tert-alkyl or cyclic N) is 1. The number of aliphatic hydroxyl groups is 1. The second kappa shape index (κ2) is 4.17. The van der Waals surface area contributed by atoms with E-state index in [4.69, 9.17) is 0 Å². The molecule has 3 nitrogen and oxygen atoms in total. The van der Waals surface area contributed by atoms with Gasteiger partial charge in [0.2, 0.25) is 0 Å². The Hall–Kier alpha value is -0.450. The van der Waals surface area contributed by atoms with Crippen molar-refractivity contribution in [2.75, 3.05) is 19.6 Å². The second-order valence-corrected chi connectivity index (χ2v) is 4.16. The lowest BCUT2D eigenvalue weighted by molar-refractivity contribution is 0.123. The molecule has 1 fully saturated rings. The summed E-state index contributed by atoms with van der Waals surface area (Å²) in [6.07, 6.45) is 2.14. The minimum atomic E-state index is -0.399. The third kappa shape index (κ3) is 2.27.